The Morgan fingerprint density at radius 2 is 1.87 bits per heavy atom. The first-order chi connectivity index (χ1) is 7.08. The average Bonchev–Trinajstić information content (AvgIpc) is 2.26. The lowest BCUT2D eigenvalue weighted by atomic mass is 10.4. The van der Waals surface area contributed by atoms with Gasteiger partial charge in [0.2, 0.25) is 0 Å². The molecule has 0 aliphatic rings. The molecule has 0 saturated heterocycles. The fraction of sp³-hybridized carbons (Fsp3) is 0.889. The zero-order valence-corrected chi connectivity index (χ0v) is 10.4. The topological polar surface area (TPSA) is 61.8 Å². The maximum atomic E-state index is 11.5. The van der Waals surface area contributed by atoms with Gasteiger partial charge in [-0.2, -0.15) is 0 Å². The molecule has 0 heterocycles. The molecule has 0 saturated carbocycles. The molecule has 0 aromatic rings. The van der Waals surface area contributed by atoms with Crippen LogP contribution < -0.4 is 0 Å². The second-order valence-electron chi connectivity index (χ2n) is 3.02. The summed E-state index contributed by atoms with van der Waals surface area (Å²) in [4.78, 5) is 11.1. The maximum Gasteiger partial charge on any atom is 0.330 e. The summed E-state index contributed by atoms with van der Waals surface area (Å²) in [5, 5.41) is 0. The Bertz CT molecular complexity index is 221. The van der Waals surface area contributed by atoms with Gasteiger partial charge in [0.1, 0.15) is 0 Å². The van der Waals surface area contributed by atoms with E-state index >= 15 is 0 Å². The van der Waals surface area contributed by atoms with Crippen LogP contribution in [0.5, 0.6) is 0 Å². The molecule has 0 rings (SSSR count). The highest BCUT2D eigenvalue weighted by atomic mass is 31.2. The lowest BCUT2D eigenvalue weighted by Gasteiger charge is -2.12. The fourth-order valence-corrected chi connectivity index (χ4v) is 1.86. The monoisotopic (exact) mass is 238 g/mol. The number of ether oxygens (including phenoxy) is 1. The highest BCUT2D eigenvalue weighted by molar-refractivity contribution is 7.53. The SMILES string of the molecule is CCCCOC(=O)CCP(=O)(OC)OC. The number of esters is 1. The Morgan fingerprint density at radius 3 is 2.33 bits per heavy atom. The molecule has 0 spiro atoms. The summed E-state index contributed by atoms with van der Waals surface area (Å²) in [7, 11) is -0.478. The van der Waals surface area contributed by atoms with Crippen molar-refractivity contribution in [3.63, 3.8) is 0 Å². The molecule has 0 bridgehead atoms. The van der Waals surface area contributed by atoms with Crippen molar-refractivity contribution in [1.82, 2.24) is 0 Å². The van der Waals surface area contributed by atoms with Crippen molar-refractivity contribution in [2.24, 2.45) is 0 Å². The third-order valence-electron chi connectivity index (χ3n) is 1.91. The van der Waals surface area contributed by atoms with Crippen LogP contribution in [0.25, 0.3) is 0 Å². The van der Waals surface area contributed by atoms with Crippen LogP contribution >= 0.6 is 7.60 Å². The highest BCUT2D eigenvalue weighted by Crippen LogP contribution is 2.46. The zero-order valence-electron chi connectivity index (χ0n) is 9.52. The Balaban J connectivity index is 3.74. The zero-order chi connectivity index (χ0) is 11.7. The standard InChI is InChI=1S/C9H19O5P/c1-4-5-7-14-9(10)6-8-15(11,12-2)13-3/h4-8H2,1-3H3. The molecular formula is C9H19O5P. The van der Waals surface area contributed by atoms with E-state index < -0.39 is 7.60 Å². The number of unbranched alkanes of at least 4 members (excludes halogenated alkanes) is 1. The minimum atomic E-state index is -3.07. The summed E-state index contributed by atoms with van der Waals surface area (Å²) >= 11 is 0. The van der Waals surface area contributed by atoms with Crippen molar-refractivity contribution in [2.45, 2.75) is 26.2 Å². The Labute approximate surface area is 90.6 Å². The van der Waals surface area contributed by atoms with Crippen molar-refractivity contribution in [1.29, 1.82) is 0 Å². The van der Waals surface area contributed by atoms with Crippen LogP contribution in [0.2, 0.25) is 0 Å². The van der Waals surface area contributed by atoms with E-state index in [0.717, 1.165) is 12.8 Å². The van der Waals surface area contributed by atoms with Gasteiger partial charge in [0.05, 0.1) is 19.2 Å². The molecule has 0 atom stereocenters. The van der Waals surface area contributed by atoms with Crippen LogP contribution in [0, 0.1) is 0 Å². The van der Waals surface area contributed by atoms with Gasteiger partial charge in [-0.25, -0.2) is 0 Å². The van der Waals surface area contributed by atoms with Crippen LogP contribution in [-0.4, -0.2) is 33.0 Å². The van der Waals surface area contributed by atoms with Crippen LogP contribution in [0.4, 0.5) is 0 Å². The summed E-state index contributed by atoms with van der Waals surface area (Å²) in [5.74, 6) is -0.363. The summed E-state index contributed by atoms with van der Waals surface area (Å²) in [6, 6.07) is 0. The van der Waals surface area contributed by atoms with Gasteiger partial charge in [-0.1, -0.05) is 13.3 Å². The Morgan fingerprint density at radius 1 is 1.27 bits per heavy atom. The average molecular weight is 238 g/mol. The Kier molecular flexibility index (Phi) is 7.65. The summed E-state index contributed by atoms with van der Waals surface area (Å²) in [6.07, 6.45) is 1.94. The number of hydrogen-bond acceptors (Lipinski definition) is 5. The number of carbonyl (C=O) groups is 1. The smallest absolute Gasteiger partial charge is 0.330 e. The highest BCUT2D eigenvalue weighted by Gasteiger charge is 2.22. The van der Waals surface area contributed by atoms with Gasteiger partial charge >= 0.3 is 13.6 Å². The van der Waals surface area contributed by atoms with Gasteiger partial charge < -0.3 is 13.8 Å². The van der Waals surface area contributed by atoms with Crippen LogP contribution in [0.1, 0.15) is 26.2 Å². The van der Waals surface area contributed by atoms with Gasteiger partial charge in [0.15, 0.2) is 0 Å². The van der Waals surface area contributed by atoms with Gasteiger partial charge in [-0.3, -0.25) is 9.36 Å². The first-order valence-electron chi connectivity index (χ1n) is 4.94. The largest absolute Gasteiger partial charge is 0.466 e. The second-order valence-corrected chi connectivity index (χ2v) is 5.42. The van der Waals surface area contributed by atoms with Gasteiger partial charge in [0, 0.05) is 14.2 Å². The molecule has 15 heavy (non-hydrogen) atoms. The molecule has 0 fully saturated rings. The maximum absolute atomic E-state index is 11.5. The first-order valence-corrected chi connectivity index (χ1v) is 6.67. The molecule has 0 unspecified atom stereocenters. The third-order valence-corrected chi connectivity index (χ3v) is 3.79. The van der Waals surface area contributed by atoms with E-state index in [1.807, 2.05) is 6.92 Å². The molecule has 6 heteroatoms. The fourth-order valence-electron chi connectivity index (χ4n) is 0.888. The molecule has 0 radical (unpaired) electrons. The van der Waals surface area contributed by atoms with E-state index in [2.05, 4.69) is 9.05 Å². The molecule has 0 aromatic carbocycles. The first kappa shape index (κ1) is 14.6. The van der Waals surface area contributed by atoms with E-state index in [0.29, 0.717) is 6.61 Å². The molecule has 5 nitrogen and oxygen atoms in total. The van der Waals surface area contributed by atoms with Gasteiger partial charge in [-0.15, -0.1) is 0 Å². The lowest BCUT2D eigenvalue weighted by molar-refractivity contribution is -0.143. The normalized spacial score (nSPS) is 11.4. The minimum Gasteiger partial charge on any atom is -0.466 e. The molecular weight excluding hydrogens is 219 g/mol. The summed E-state index contributed by atoms with van der Waals surface area (Å²) in [6.45, 7) is 2.43. The quantitative estimate of drug-likeness (QED) is 0.368. The summed E-state index contributed by atoms with van der Waals surface area (Å²) in [5.41, 5.74) is 0. The van der Waals surface area contributed by atoms with Crippen LogP contribution in [0.15, 0.2) is 0 Å². The molecule has 0 N–H and O–H groups in total. The lowest BCUT2D eigenvalue weighted by Crippen LogP contribution is -2.08. The van der Waals surface area contributed by atoms with Crippen molar-refractivity contribution in [3.8, 4) is 0 Å². The van der Waals surface area contributed by atoms with Crippen molar-refractivity contribution >= 4 is 13.6 Å². The van der Waals surface area contributed by atoms with E-state index in [-0.39, 0.29) is 18.6 Å². The number of rotatable bonds is 8. The molecule has 0 aliphatic heterocycles. The number of carbonyl (C=O) groups excluding carboxylic acids is 1. The van der Waals surface area contributed by atoms with Crippen molar-refractivity contribution in [2.75, 3.05) is 27.0 Å². The molecule has 90 valence electrons. The van der Waals surface area contributed by atoms with Crippen molar-refractivity contribution in [3.05, 3.63) is 0 Å². The van der Waals surface area contributed by atoms with E-state index in [1.54, 1.807) is 0 Å². The second kappa shape index (κ2) is 7.85. The Hall–Kier alpha value is -0.380. The van der Waals surface area contributed by atoms with E-state index in [4.69, 9.17) is 4.74 Å². The van der Waals surface area contributed by atoms with Gasteiger partial charge in [0.25, 0.3) is 0 Å². The van der Waals surface area contributed by atoms with Gasteiger partial charge in [-0.05, 0) is 6.42 Å². The van der Waals surface area contributed by atoms with E-state index in [9.17, 15) is 9.36 Å². The predicted octanol–water partition coefficient (Wildman–Crippen LogP) is 2.21. The van der Waals surface area contributed by atoms with E-state index in [1.165, 1.54) is 14.2 Å². The molecule has 0 aliphatic carbocycles. The number of hydrogen-bond donors (Lipinski definition) is 0. The van der Waals surface area contributed by atoms with Crippen LogP contribution in [0.3, 0.4) is 0 Å². The molecule has 0 amide bonds. The molecule has 0 aromatic heterocycles. The van der Waals surface area contributed by atoms with Crippen LogP contribution in [-0.2, 0) is 23.1 Å². The minimum absolute atomic E-state index is 0.0582. The van der Waals surface area contributed by atoms with Crippen molar-refractivity contribution < 1.29 is 23.1 Å². The third kappa shape index (κ3) is 6.66. The summed E-state index contributed by atoms with van der Waals surface area (Å²) < 4.78 is 25.8. The predicted molar refractivity (Wildman–Crippen MR) is 57.0 cm³/mol.